The minimum absolute atomic E-state index is 0.225. The molecule has 0 radical (unpaired) electrons. The summed E-state index contributed by atoms with van der Waals surface area (Å²) < 4.78 is 79.9. The summed E-state index contributed by atoms with van der Waals surface area (Å²) in [7, 11) is 0. The average Bonchev–Trinajstić information content (AvgIpc) is 2.61. The zero-order valence-electron chi connectivity index (χ0n) is 13.9. The average molecular weight is 478 g/mol. The molecule has 29 heavy (non-hydrogen) atoms. The van der Waals surface area contributed by atoms with E-state index in [4.69, 9.17) is 40.1 Å². The Bertz CT molecular complexity index is 948. The lowest BCUT2D eigenvalue weighted by Crippen LogP contribution is -2.47. The number of halogens is 9. The fourth-order valence-corrected chi connectivity index (χ4v) is 2.97. The second-order valence-corrected chi connectivity index (χ2v) is 7.03. The molecule has 0 aliphatic carbocycles. The van der Waals surface area contributed by atoms with Crippen LogP contribution in [0.4, 0.5) is 32.0 Å². The van der Waals surface area contributed by atoms with Crippen molar-refractivity contribution in [3.8, 4) is 6.07 Å². The van der Waals surface area contributed by atoms with E-state index < -0.39 is 46.9 Å². The van der Waals surface area contributed by atoms with E-state index in [0.29, 0.717) is 6.07 Å². The van der Waals surface area contributed by atoms with Crippen molar-refractivity contribution in [2.75, 3.05) is 11.9 Å². The van der Waals surface area contributed by atoms with Gasteiger partial charge in [0, 0.05) is 5.69 Å². The van der Waals surface area contributed by atoms with Crippen molar-refractivity contribution < 1.29 is 31.4 Å². The number of nitrogens with one attached hydrogen (secondary N) is 1. The van der Waals surface area contributed by atoms with E-state index in [-0.39, 0.29) is 15.1 Å². The van der Waals surface area contributed by atoms with Crippen molar-refractivity contribution in [3.63, 3.8) is 0 Å². The van der Waals surface area contributed by atoms with Crippen LogP contribution in [0.1, 0.15) is 16.7 Å². The first kappa shape index (κ1) is 23.4. The Kier molecular flexibility index (Phi) is 6.55. The third kappa shape index (κ3) is 4.83. The third-order valence-corrected chi connectivity index (χ3v) is 5.12. The highest BCUT2D eigenvalue weighted by atomic mass is 35.5. The molecule has 0 spiro atoms. The molecule has 0 heterocycles. The van der Waals surface area contributed by atoms with Crippen LogP contribution in [0.3, 0.4) is 0 Å². The maximum absolute atomic E-state index is 13.6. The topological polar surface area (TPSA) is 56.0 Å². The Balaban J connectivity index is 2.45. The van der Waals surface area contributed by atoms with Gasteiger partial charge in [-0.1, -0.05) is 34.8 Å². The maximum atomic E-state index is 13.6. The number of alkyl halides is 6. The molecule has 0 saturated heterocycles. The largest absolute Gasteiger partial charge is 0.423 e. The lowest BCUT2D eigenvalue weighted by atomic mass is 9.92. The molecule has 3 nitrogen and oxygen atoms in total. The van der Waals surface area contributed by atoms with Crippen LogP contribution in [-0.2, 0) is 11.8 Å². The van der Waals surface area contributed by atoms with E-state index in [1.165, 1.54) is 6.07 Å². The van der Waals surface area contributed by atoms with Gasteiger partial charge < -0.3 is 10.4 Å². The van der Waals surface area contributed by atoms with Gasteiger partial charge in [0.1, 0.15) is 0 Å². The smallest absolute Gasteiger partial charge is 0.381 e. The van der Waals surface area contributed by atoms with E-state index >= 15 is 0 Å². The van der Waals surface area contributed by atoms with Crippen molar-refractivity contribution in [3.05, 3.63) is 62.1 Å². The molecule has 2 rings (SSSR count). The highest BCUT2D eigenvalue weighted by Gasteiger charge is 2.55. The Morgan fingerprint density at radius 3 is 1.97 bits per heavy atom. The van der Waals surface area contributed by atoms with Gasteiger partial charge in [-0.25, -0.2) is 0 Å². The number of hydrogen-bond acceptors (Lipinski definition) is 3. The van der Waals surface area contributed by atoms with Gasteiger partial charge in [-0.15, -0.1) is 0 Å². The van der Waals surface area contributed by atoms with E-state index in [2.05, 4.69) is 5.32 Å². The molecule has 2 aromatic carbocycles. The van der Waals surface area contributed by atoms with Crippen molar-refractivity contribution in [1.29, 1.82) is 5.26 Å². The minimum atomic E-state index is -5.25. The van der Waals surface area contributed by atoms with Gasteiger partial charge in [-0.3, -0.25) is 0 Å². The van der Waals surface area contributed by atoms with Gasteiger partial charge in [-0.05, 0) is 35.9 Å². The van der Waals surface area contributed by atoms with Crippen LogP contribution in [0.25, 0.3) is 0 Å². The Hall–Kier alpha value is -1.86. The Labute approximate surface area is 175 Å². The Morgan fingerprint density at radius 1 is 0.966 bits per heavy atom. The molecular formula is C17H9Cl3F6N2O. The SMILES string of the molecule is N#Cc1ccc(NC[C@@](O)(c2cc(Cl)c(Cl)c(Cl)c2)C(F)(F)F)cc1C(F)(F)F. The van der Waals surface area contributed by atoms with E-state index in [9.17, 15) is 31.4 Å². The molecule has 2 N–H and O–H groups in total. The molecule has 0 bridgehead atoms. The molecule has 0 saturated carbocycles. The van der Waals surface area contributed by atoms with Crippen molar-refractivity contribution in [1.82, 2.24) is 0 Å². The van der Waals surface area contributed by atoms with E-state index in [1.807, 2.05) is 0 Å². The number of hydrogen-bond donors (Lipinski definition) is 2. The summed E-state index contributed by atoms with van der Waals surface area (Å²) >= 11 is 17.2. The first-order chi connectivity index (χ1) is 13.2. The zero-order chi connectivity index (χ0) is 22.2. The van der Waals surface area contributed by atoms with Crippen molar-refractivity contribution in [2.45, 2.75) is 18.0 Å². The fourth-order valence-electron chi connectivity index (χ4n) is 2.38. The molecule has 1 atom stereocenters. The molecule has 0 aromatic heterocycles. The minimum Gasteiger partial charge on any atom is -0.381 e. The summed E-state index contributed by atoms with van der Waals surface area (Å²) in [6.45, 7) is -1.27. The first-order valence-corrected chi connectivity index (χ1v) is 8.63. The molecule has 12 heteroatoms. The third-order valence-electron chi connectivity index (χ3n) is 3.92. The van der Waals surface area contributed by atoms with Crippen LogP contribution >= 0.6 is 34.8 Å². The number of benzene rings is 2. The molecule has 0 fully saturated rings. The summed E-state index contributed by atoms with van der Waals surface area (Å²) in [5, 5.41) is 20.3. The number of nitrogens with zero attached hydrogens (tertiary/aromatic N) is 1. The molecule has 0 aliphatic rings. The van der Waals surface area contributed by atoms with Gasteiger partial charge in [0.05, 0.1) is 38.8 Å². The van der Waals surface area contributed by atoms with Crippen LogP contribution in [0.2, 0.25) is 15.1 Å². The second-order valence-electron chi connectivity index (χ2n) is 5.84. The van der Waals surface area contributed by atoms with Crippen molar-refractivity contribution in [2.24, 2.45) is 0 Å². The van der Waals surface area contributed by atoms with Crippen LogP contribution in [0.15, 0.2) is 30.3 Å². The molecule has 0 unspecified atom stereocenters. The second kappa shape index (κ2) is 8.11. The van der Waals surface area contributed by atoms with Gasteiger partial charge in [0.2, 0.25) is 5.60 Å². The molecular weight excluding hydrogens is 469 g/mol. The van der Waals surface area contributed by atoms with Crippen LogP contribution < -0.4 is 5.32 Å². The predicted octanol–water partition coefficient (Wildman–Crippen LogP) is 6.40. The molecule has 156 valence electrons. The van der Waals surface area contributed by atoms with Crippen LogP contribution in [-0.4, -0.2) is 17.8 Å². The fraction of sp³-hybridized carbons (Fsp3) is 0.235. The number of aliphatic hydroxyl groups is 1. The van der Waals surface area contributed by atoms with Gasteiger partial charge in [-0.2, -0.15) is 31.6 Å². The zero-order valence-corrected chi connectivity index (χ0v) is 16.2. The number of rotatable bonds is 4. The van der Waals surface area contributed by atoms with Crippen LogP contribution in [0, 0.1) is 11.3 Å². The highest BCUT2D eigenvalue weighted by molar-refractivity contribution is 6.48. The van der Waals surface area contributed by atoms with Gasteiger partial charge in [0.25, 0.3) is 0 Å². The summed E-state index contributed by atoms with van der Waals surface area (Å²) in [5.74, 6) is 0. The first-order valence-electron chi connectivity index (χ1n) is 7.50. The van der Waals surface area contributed by atoms with Gasteiger partial charge >= 0.3 is 12.4 Å². The summed E-state index contributed by atoms with van der Waals surface area (Å²) in [4.78, 5) is 0. The Morgan fingerprint density at radius 2 is 1.52 bits per heavy atom. The maximum Gasteiger partial charge on any atom is 0.423 e. The standard InChI is InChI=1S/C17H9Cl3F6N2O/c18-12-3-9(4-13(19)14(12)20)15(29,17(24,25)26)7-28-10-2-1-8(6-27)11(5-10)16(21,22)23/h1-5,28-29H,7H2/t15-/m1/s1. The van der Waals surface area contributed by atoms with E-state index in [1.54, 1.807) is 0 Å². The molecule has 0 amide bonds. The van der Waals surface area contributed by atoms with Gasteiger partial charge in [0.15, 0.2) is 0 Å². The lowest BCUT2D eigenvalue weighted by Gasteiger charge is -2.32. The molecule has 0 aliphatic heterocycles. The number of anilines is 1. The normalized spacial score (nSPS) is 14.2. The predicted molar refractivity (Wildman–Crippen MR) is 96.1 cm³/mol. The monoisotopic (exact) mass is 476 g/mol. The van der Waals surface area contributed by atoms with Crippen molar-refractivity contribution >= 4 is 40.5 Å². The molecule has 2 aromatic rings. The van der Waals surface area contributed by atoms with E-state index in [0.717, 1.165) is 24.3 Å². The number of nitriles is 1. The van der Waals surface area contributed by atoms with Crippen LogP contribution in [0.5, 0.6) is 0 Å². The highest BCUT2D eigenvalue weighted by Crippen LogP contribution is 2.43. The summed E-state index contributed by atoms with van der Waals surface area (Å²) in [6.07, 6.45) is -10.2. The summed E-state index contributed by atoms with van der Waals surface area (Å²) in [6, 6.07) is 5.11. The lowest BCUT2D eigenvalue weighted by molar-refractivity contribution is -0.260. The summed E-state index contributed by atoms with van der Waals surface area (Å²) in [5.41, 5.74) is -6.76. The quantitative estimate of drug-likeness (QED) is 0.396.